The lowest BCUT2D eigenvalue weighted by Crippen LogP contribution is -2.13. The van der Waals surface area contributed by atoms with Crippen molar-refractivity contribution in [3.05, 3.63) is 84.0 Å². The van der Waals surface area contributed by atoms with Gasteiger partial charge in [-0.25, -0.2) is 0 Å². The number of aromatic nitrogens is 3. The SMILES string of the molecule is CCn1c2ccccc2c2cc(NC(=O)c3ccccc3SCc3nc(C)no3)ccc21. The lowest BCUT2D eigenvalue weighted by Gasteiger charge is -2.10. The Morgan fingerprint density at radius 3 is 2.62 bits per heavy atom. The Morgan fingerprint density at radius 1 is 1.03 bits per heavy atom. The van der Waals surface area contributed by atoms with Crippen LogP contribution in [0.4, 0.5) is 5.69 Å². The standard InChI is InChI=1S/C25H22N4O2S/c1-3-29-21-10-6-4-8-18(21)20-14-17(12-13-22(20)29)27-25(30)19-9-5-7-11-23(19)32-15-24-26-16(2)28-31-24/h4-14H,3,15H2,1-2H3,(H,27,30). The number of aryl methyl sites for hydroxylation is 2. The molecule has 2 aromatic heterocycles. The van der Waals surface area contributed by atoms with E-state index in [1.54, 1.807) is 6.92 Å². The molecule has 0 atom stereocenters. The number of benzene rings is 3. The highest BCUT2D eigenvalue weighted by Gasteiger charge is 2.15. The van der Waals surface area contributed by atoms with Crippen molar-refractivity contribution in [2.75, 3.05) is 5.32 Å². The zero-order valence-corrected chi connectivity index (χ0v) is 18.6. The third-order valence-electron chi connectivity index (χ3n) is 5.40. The molecule has 0 spiro atoms. The van der Waals surface area contributed by atoms with Crippen molar-refractivity contribution in [3.8, 4) is 0 Å². The van der Waals surface area contributed by atoms with E-state index >= 15 is 0 Å². The van der Waals surface area contributed by atoms with E-state index < -0.39 is 0 Å². The average Bonchev–Trinajstić information content (AvgIpc) is 3.38. The second kappa shape index (κ2) is 8.51. The summed E-state index contributed by atoms with van der Waals surface area (Å²) in [6.45, 7) is 4.82. The molecule has 0 fully saturated rings. The fourth-order valence-electron chi connectivity index (χ4n) is 3.99. The molecule has 0 radical (unpaired) electrons. The summed E-state index contributed by atoms with van der Waals surface area (Å²) >= 11 is 1.50. The van der Waals surface area contributed by atoms with Gasteiger partial charge in [0.05, 0.1) is 11.3 Å². The third kappa shape index (κ3) is 3.76. The Balaban J connectivity index is 1.42. The predicted octanol–water partition coefficient (Wildman–Crippen LogP) is 6.05. The molecule has 5 rings (SSSR count). The van der Waals surface area contributed by atoms with Crippen molar-refractivity contribution in [2.45, 2.75) is 31.0 Å². The Kier molecular flexibility index (Phi) is 5.41. The number of nitrogens with zero attached hydrogens (tertiary/aromatic N) is 3. The average molecular weight is 443 g/mol. The van der Waals surface area contributed by atoms with Crippen LogP contribution in [0.2, 0.25) is 0 Å². The first-order valence-electron chi connectivity index (χ1n) is 10.5. The van der Waals surface area contributed by atoms with Crippen molar-refractivity contribution in [1.82, 2.24) is 14.7 Å². The second-order valence-corrected chi connectivity index (χ2v) is 8.48. The van der Waals surface area contributed by atoms with Gasteiger partial charge in [0.2, 0.25) is 5.89 Å². The van der Waals surface area contributed by atoms with Crippen LogP contribution >= 0.6 is 11.8 Å². The minimum Gasteiger partial charge on any atom is -0.341 e. The van der Waals surface area contributed by atoms with Gasteiger partial charge in [-0.15, -0.1) is 11.8 Å². The van der Waals surface area contributed by atoms with E-state index in [-0.39, 0.29) is 5.91 Å². The van der Waals surface area contributed by atoms with E-state index in [0.29, 0.717) is 23.0 Å². The van der Waals surface area contributed by atoms with E-state index in [9.17, 15) is 4.79 Å². The molecule has 1 N–H and O–H groups in total. The Morgan fingerprint density at radius 2 is 1.81 bits per heavy atom. The Bertz CT molecular complexity index is 1440. The van der Waals surface area contributed by atoms with Gasteiger partial charge in [0, 0.05) is 38.9 Å². The maximum absolute atomic E-state index is 13.1. The first-order valence-corrected chi connectivity index (χ1v) is 11.5. The van der Waals surface area contributed by atoms with Crippen molar-refractivity contribution in [2.24, 2.45) is 0 Å². The summed E-state index contributed by atoms with van der Waals surface area (Å²) in [6, 6.07) is 22.0. The first kappa shape index (κ1) is 20.3. The molecule has 0 saturated heterocycles. The number of carbonyl (C=O) groups is 1. The number of nitrogens with one attached hydrogen (secondary N) is 1. The van der Waals surface area contributed by atoms with Gasteiger partial charge in [0.25, 0.3) is 5.91 Å². The fraction of sp³-hybridized carbons (Fsp3) is 0.160. The van der Waals surface area contributed by atoms with Crippen LogP contribution in [0.15, 0.2) is 76.1 Å². The summed E-state index contributed by atoms with van der Waals surface area (Å²) < 4.78 is 7.48. The molecule has 6 nitrogen and oxygen atoms in total. The predicted molar refractivity (Wildman–Crippen MR) is 128 cm³/mol. The number of rotatable bonds is 6. The lowest BCUT2D eigenvalue weighted by atomic mass is 10.1. The van der Waals surface area contributed by atoms with Gasteiger partial charge >= 0.3 is 0 Å². The molecule has 5 aromatic rings. The molecule has 0 bridgehead atoms. The molecule has 32 heavy (non-hydrogen) atoms. The van der Waals surface area contributed by atoms with Gasteiger partial charge < -0.3 is 14.4 Å². The first-order chi connectivity index (χ1) is 15.6. The summed E-state index contributed by atoms with van der Waals surface area (Å²) in [7, 11) is 0. The Hall–Kier alpha value is -3.58. The molecule has 7 heteroatoms. The number of amides is 1. The third-order valence-corrected chi connectivity index (χ3v) is 6.46. The number of para-hydroxylation sites is 1. The summed E-state index contributed by atoms with van der Waals surface area (Å²) in [5.41, 5.74) is 3.75. The highest BCUT2D eigenvalue weighted by molar-refractivity contribution is 7.98. The van der Waals surface area contributed by atoms with E-state index in [2.05, 4.69) is 57.3 Å². The van der Waals surface area contributed by atoms with E-state index in [1.165, 1.54) is 22.7 Å². The van der Waals surface area contributed by atoms with E-state index in [4.69, 9.17) is 4.52 Å². The number of fused-ring (bicyclic) bond motifs is 3. The lowest BCUT2D eigenvalue weighted by molar-refractivity contribution is 0.102. The summed E-state index contributed by atoms with van der Waals surface area (Å²) in [5.74, 6) is 1.51. The van der Waals surface area contributed by atoms with Gasteiger partial charge in [-0.3, -0.25) is 4.79 Å². The van der Waals surface area contributed by atoms with Crippen LogP contribution in [-0.2, 0) is 12.3 Å². The molecule has 160 valence electrons. The maximum atomic E-state index is 13.1. The largest absolute Gasteiger partial charge is 0.341 e. The number of hydrogen-bond donors (Lipinski definition) is 1. The van der Waals surface area contributed by atoms with Crippen LogP contribution in [0.5, 0.6) is 0 Å². The smallest absolute Gasteiger partial charge is 0.256 e. The fourth-order valence-corrected chi connectivity index (χ4v) is 4.88. The minimum atomic E-state index is -0.145. The quantitative estimate of drug-likeness (QED) is 0.324. The molecule has 0 aliphatic heterocycles. The maximum Gasteiger partial charge on any atom is 0.256 e. The van der Waals surface area contributed by atoms with Gasteiger partial charge in [-0.2, -0.15) is 4.98 Å². The molecular weight excluding hydrogens is 420 g/mol. The minimum absolute atomic E-state index is 0.145. The van der Waals surface area contributed by atoms with Gasteiger partial charge in [-0.1, -0.05) is 35.5 Å². The zero-order valence-electron chi connectivity index (χ0n) is 17.8. The Labute approximate surface area is 189 Å². The highest BCUT2D eigenvalue weighted by atomic mass is 32.2. The van der Waals surface area contributed by atoms with Crippen molar-refractivity contribution < 1.29 is 9.32 Å². The summed E-state index contributed by atoms with van der Waals surface area (Å²) in [4.78, 5) is 18.2. The molecule has 0 unspecified atom stereocenters. The highest BCUT2D eigenvalue weighted by Crippen LogP contribution is 2.32. The number of thioether (sulfide) groups is 1. The van der Waals surface area contributed by atoms with Gasteiger partial charge in [0.1, 0.15) is 0 Å². The topological polar surface area (TPSA) is 73.0 Å². The zero-order chi connectivity index (χ0) is 22.1. The normalized spacial score (nSPS) is 11.3. The molecule has 1 amide bonds. The monoisotopic (exact) mass is 442 g/mol. The van der Waals surface area contributed by atoms with Crippen LogP contribution in [0.1, 0.15) is 29.0 Å². The van der Waals surface area contributed by atoms with E-state index in [1.807, 2.05) is 36.4 Å². The second-order valence-electron chi connectivity index (χ2n) is 7.47. The molecule has 2 heterocycles. The van der Waals surface area contributed by atoms with E-state index in [0.717, 1.165) is 28.0 Å². The molecular formula is C25H22N4O2S. The number of carbonyl (C=O) groups excluding carboxylic acids is 1. The molecule has 0 saturated carbocycles. The summed E-state index contributed by atoms with van der Waals surface area (Å²) in [6.07, 6.45) is 0. The van der Waals surface area contributed by atoms with Crippen LogP contribution < -0.4 is 5.32 Å². The molecule has 0 aliphatic carbocycles. The molecule has 3 aromatic carbocycles. The van der Waals surface area contributed by atoms with Crippen LogP contribution in [0.3, 0.4) is 0 Å². The molecule has 0 aliphatic rings. The van der Waals surface area contributed by atoms with Gasteiger partial charge in [-0.05, 0) is 50.2 Å². The number of anilines is 1. The van der Waals surface area contributed by atoms with Crippen molar-refractivity contribution in [1.29, 1.82) is 0 Å². The number of hydrogen-bond acceptors (Lipinski definition) is 5. The van der Waals surface area contributed by atoms with Crippen molar-refractivity contribution in [3.63, 3.8) is 0 Å². The van der Waals surface area contributed by atoms with Gasteiger partial charge in [0.15, 0.2) is 5.82 Å². The van der Waals surface area contributed by atoms with Crippen LogP contribution in [0, 0.1) is 6.92 Å². The summed E-state index contributed by atoms with van der Waals surface area (Å²) in [5, 5.41) is 9.21. The van der Waals surface area contributed by atoms with Crippen molar-refractivity contribution >= 4 is 45.2 Å². The van der Waals surface area contributed by atoms with Crippen LogP contribution in [-0.4, -0.2) is 20.6 Å². The van der Waals surface area contributed by atoms with Crippen LogP contribution in [0.25, 0.3) is 21.8 Å².